The van der Waals surface area contributed by atoms with Gasteiger partial charge in [-0.25, -0.2) is 0 Å². The monoisotopic (exact) mass is 245 g/mol. The quantitative estimate of drug-likeness (QED) is 0.885. The number of hydrogen-bond acceptors (Lipinski definition) is 4. The van der Waals surface area contributed by atoms with Crippen LogP contribution in [0.5, 0.6) is 0 Å². The molecule has 1 aromatic rings. The first-order valence-electron chi connectivity index (χ1n) is 5.75. The average Bonchev–Trinajstić information content (AvgIpc) is 2.65. The lowest BCUT2D eigenvalue weighted by Crippen LogP contribution is -2.31. The molecule has 0 bridgehead atoms. The first kappa shape index (κ1) is 13.5. The summed E-state index contributed by atoms with van der Waals surface area (Å²) in [5, 5.41) is 7.20. The SMILES string of the molecule is Cc1noc(CC(C)C2CCNCC2)n1.Cl. The Labute approximate surface area is 103 Å². The third kappa shape index (κ3) is 3.46. The molecular formula is C11H20ClN3O. The van der Waals surface area contributed by atoms with Crippen LogP contribution in [0.15, 0.2) is 4.52 Å². The van der Waals surface area contributed by atoms with Gasteiger partial charge in [-0.1, -0.05) is 12.1 Å². The lowest BCUT2D eigenvalue weighted by molar-refractivity contribution is 0.252. The van der Waals surface area contributed by atoms with Crippen LogP contribution < -0.4 is 5.32 Å². The Morgan fingerprint density at radius 3 is 2.69 bits per heavy atom. The maximum absolute atomic E-state index is 5.15. The molecule has 0 aromatic carbocycles. The summed E-state index contributed by atoms with van der Waals surface area (Å²) in [6, 6.07) is 0. The number of halogens is 1. The second-order valence-corrected chi connectivity index (χ2v) is 4.50. The summed E-state index contributed by atoms with van der Waals surface area (Å²) in [6.07, 6.45) is 3.47. The van der Waals surface area contributed by atoms with Gasteiger partial charge in [0.25, 0.3) is 0 Å². The molecule has 0 aliphatic carbocycles. The van der Waals surface area contributed by atoms with Crippen molar-refractivity contribution in [3.63, 3.8) is 0 Å². The number of nitrogens with one attached hydrogen (secondary N) is 1. The topological polar surface area (TPSA) is 51.0 Å². The maximum Gasteiger partial charge on any atom is 0.226 e. The van der Waals surface area contributed by atoms with Crippen molar-refractivity contribution in [1.82, 2.24) is 15.5 Å². The summed E-state index contributed by atoms with van der Waals surface area (Å²) >= 11 is 0. The van der Waals surface area contributed by atoms with Crippen molar-refractivity contribution in [2.24, 2.45) is 11.8 Å². The summed E-state index contributed by atoms with van der Waals surface area (Å²) < 4.78 is 5.15. The minimum Gasteiger partial charge on any atom is -0.339 e. The highest BCUT2D eigenvalue weighted by atomic mass is 35.5. The van der Waals surface area contributed by atoms with Gasteiger partial charge in [-0.15, -0.1) is 12.4 Å². The molecule has 1 unspecified atom stereocenters. The van der Waals surface area contributed by atoms with Crippen LogP contribution in [0.1, 0.15) is 31.5 Å². The fourth-order valence-electron chi connectivity index (χ4n) is 2.28. The zero-order chi connectivity index (χ0) is 10.7. The molecule has 0 amide bonds. The van der Waals surface area contributed by atoms with Gasteiger partial charge in [-0.3, -0.25) is 0 Å². The first-order valence-corrected chi connectivity index (χ1v) is 5.75. The second kappa shape index (κ2) is 6.21. The third-order valence-corrected chi connectivity index (χ3v) is 3.25. The fourth-order valence-corrected chi connectivity index (χ4v) is 2.28. The maximum atomic E-state index is 5.15. The number of aryl methyl sites for hydroxylation is 1. The summed E-state index contributed by atoms with van der Waals surface area (Å²) in [5.41, 5.74) is 0. The summed E-state index contributed by atoms with van der Waals surface area (Å²) in [7, 11) is 0. The van der Waals surface area contributed by atoms with Crippen molar-refractivity contribution < 1.29 is 4.52 Å². The normalized spacial score (nSPS) is 19.1. The Kier molecular flexibility index (Phi) is 5.22. The predicted molar refractivity (Wildman–Crippen MR) is 64.7 cm³/mol. The van der Waals surface area contributed by atoms with Crippen molar-refractivity contribution >= 4 is 12.4 Å². The smallest absolute Gasteiger partial charge is 0.226 e. The van der Waals surface area contributed by atoms with Crippen LogP contribution in [0.3, 0.4) is 0 Å². The lowest BCUT2D eigenvalue weighted by atomic mass is 9.84. The van der Waals surface area contributed by atoms with Gasteiger partial charge in [0.1, 0.15) is 0 Å². The largest absolute Gasteiger partial charge is 0.339 e. The Hall–Kier alpha value is -0.610. The van der Waals surface area contributed by atoms with E-state index in [0.717, 1.165) is 37.1 Å². The van der Waals surface area contributed by atoms with Crippen LogP contribution in [0.4, 0.5) is 0 Å². The third-order valence-electron chi connectivity index (χ3n) is 3.25. The van der Waals surface area contributed by atoms with Crippen molar-refractivity contribution in [3.8, 4) is 0 Å². The van der Waals surface area contributed by atoms with Gasteiger partial charge in [-0.05, 0) is 44.7 Å². The molecule has 1 aromatic heterocycles. The highest BCUT2D eigenvalue weighted by molar-refractivity contribution is 5.85. The minimum absolute atomic E-state index is 0. The van der Waals surface area contributed by atoms with Crippen molar-refractivity contribution in [2.45, 2.75) is 33.1 Å². The van der Waals surface area contributed by atoms with Gasteiger partial charge in [0.05, 0.1) is 0 Å². The Morgan fingerprint density at radius 1 is 1.44 bits per heavy atom. The molecule has 1 aliphatic heterocycles. The molecule has 2 heterocycles. The van der Waals surface area contributed by atoms with Crippen LogP contribution in [0.25, 0.3) is 0 Å². The fraction of sp³-hybridized carbons (Fsp3) is 0.818. The van der Waals surface area contributed by atoms with E-state index in [0.29, 0.717) is 5.92 Å². The number of nitrogens with zero attached hydrogens (tertiary/aromatic N) is 2. The van der Waals surface area contributed by atoms with Gasteiger partial charge < -0.3 is 9.84 Å². The van der Waals surface area contributed by atoms with Crippen LogP contribution in [-0.4, -0.2) is 23.2 Å². The van der Waals surface area contributed by atoms with E-state index < -0.39 is 0 Å². The van der Waals surface area contributed by atoms with E-state index >= 15 is 0 Å². The molecule has 1 saturated heterocycles. The molecule has 5 heteroatoms. The minimum atomic E-state index is 0. The summed E-state index contributed by atoms with van der Waals surface area (Å²) in [4.78, 5) is 4.25. The van der Waals surface area contributed by atoms with Gasteiger partial charge in [0, 0.05) is 6.42 Å². The van der Waals surface area contributed by atoms with Crippen LogP contribution in [0.2, 0.25) is 0 Å². The molecule has 4 nitrogen and oxygen atoms in total. The van der Waals surface area contributed by atoms with E-state index in [1.807, 2.05) is 6.92 Å². The summed E-state index contributed by atoms with van der Waals surface area (Å²) in [6.45, 7) is 6.45. The highest BCUT2D eigenvalue weighted by Gasteiger charge is 2.21. The van der Waals surface area contributed by atoms with Crippen LogP contribution >= 0.6 is 12.4 Å². The molecular weight excluding hydrogens is 226 g/mol. The Bertz CT molecular complexity index is 310. The van der Waals surface area contributed by atoms with Gasteiger partial charge in [0.15, 0.2) is 5.82 Å². The number of rotatable bonds is 3. The van der Waals surface area contributed by atoms with Gasteiger partial charge >= 0.3 is 0 Å². The van der Waals surface area contributed by atoms with Crippen molar-refractivity contribution in [3.05, 3.63) is 11.7 Å². The molecule has 2 rings (SSSR count). The molecule has 1 fully saturated rings. The predicted octanol–water partition coefficient (Wildman–Crippen LogP) is 1.98. The number of aromatic nitrogens is 2. The zero-order valence-electron chi connectivity index (χ0n) is 9.90. The second-order valence-electron chi connectivity index (χ2n) is 4.50. The van der Waals surface area contributed by atoms with Crippen LogP contribution in [0, 0.1) is 18.8 Å². The van der Waals surface area contributed by atoms with Crippen LogP contribution in [-0.2, 0) is 6.42 Å². The Balaban J connectivity index is 0.00000128. The van der Waals surface area contributed by atoms with Gasteiger partial charge in [0.2, 0.25) is 5.89 Å². The van der Waals surface area contributed by atoms with E-state index in [1.54, 1.807) is 0 Å². The molecule has 1 atom stereocenters. The van der Waals surface area contributed by atoms with E-state index in [-0.39, 0.29) is 12.4 Å². The van der Waals surface area contributed by atoms with E-state index in [2.05, 4.69) is 22.4 Å². The molecule has 0 radical (unpaired) electrons. The highest BCUT2D eigenvalue weighted by Crippen LogP contribution is 2.24. The van der Waals surface area contributed by atoms with Gasteiger partial charge in [-0.2, -0.15) is 4.98 Å². The molecule has 0 spiro atoms. The number of piperidine rings is 1. The Morgan fingerprint density at radius 2 is 2.12 bits per heavy atom. The van der Waals surface area contributed by atoms with Crippen molar-refractivity contribution in [2.75, 3.05) is 13.1 Å². The van der Waals surface area contributed by atoms with E-state index in [9.17, 15) is 0 Å². The molecule has 92 valence electrons. The molecule has 16 heavy (non-hydrogen) atoms. The van der Waals surface area contributed by atoms with Crippen molar-refractivity contribution in [1.29, 1.82) is 0 Å². The molecule has 1 N–H and O–H groups in total. The summed E-state index contributed by atoms with van der Waals surface area (Å²) in [5.74, 6) is 2.98. The van der Waals surface area contributed by atoms with E-state index in [4.69, 9.17) is 4.52 Å². The molecule has 0 saturated carbocycles. The first-order chi connectivity index (χ1) is 7.25. The zero-order valence-corrected chi connectivity index (χ0v) is 10.7. The average molecular weight is 246 g/mol. The molecule has 1 aliphatic rings. The number of hydrogen-bond donors (Lipinski definition) is 1. The lowest BCUT2D eigenvalue weighted by Gasteiger charge is -2.27. The van der Waals surface area contributed by atoms with E-state index in [1.165, 1.54) is 12.8 Å². The standard InChI is InChI=1S/C11H19N3O.ClH/c1-8(10-3-5-12-6-4-10)7-11-13-9(2)14-15-11;/h8,10,12H,3-7H2,1-2H3;1H.